The van der Waals surface area contributed by atoms with Crippen molar-refractivity contribution in [1.29, 1.82) is 0 Å². The molecule has 0 bridgehead atoms. The molecule has 20 heavy (non-hydrogen) atoms. The Morgan fingerprint density at radius 2 is 2.15 bits per heavy atom. The zero-order valence-electron chi connectivity index (χ0n) is 11.2. The van der Waals surface area contributed by atoms with Gasteiger partial charge in [-0.3, -0.25) is 4.79 Å². The lowest BCUT2D eigenvalue weighted by atomic mass is 10.0. The Balaban J connectivity index is 1.89. The van der Waals surface area contributed by atoms with Gasteiger partial charge in [0.25, 0.3) is 0 Å². The van der Waals surface area contributed by atoms with Gasteiger partial charge in [0, 0.05) is 0 Å². The zero-order valence-corrected chi connectivity index (χ0v) is 11.2. The number of phenols is 1. The molecule has 0 aliphatic heterocycles. The first-order chi connectivity index (χ1) is 9.47. The van der Waals surface area contributed by atoms with E-state index in [4.69, 9.17) is 4.42 Å². The van der Waals surface area contributed by atoms with E-state index >= 15 is 0 Å². The molecule has 0 fully saturated rings. The van der Waals surface area contributed by atoms with Gasteiger partial charge in [0.2, 0.25) is 5.91 Å². The molecule has 1 atom stereocenters. The topological polar surface area (TPSA) is 82.7 Å². The Morgan fingerprint density at radius 3 is 2.80 bits per heavy atom. The van der Waals surface area contributed by atoms with Crippen molar-refractivity contribution in [3.8, 4) is 5.75 Å². The van der Waals surface area contributed by atoms with Gasteiger partial charge in [0.1, 0.15) is 17.1 Å². The van der Waals surface area contributed by atoms with Crippen molar-refractivity contribution in [2.45, 2.75) is 18.9 Å². The fourth-order valence-corrected chi connectivity index (χ4v) is 1.86. The van der Waals surface area contributed by atoms with Crippen LogP contribution in [0.15, 0.2) is 47.1 Å². The number of carbonyl (C=O) groups is 1. The van der Waals surface area contributed by atoms with Crippen molar-refractivity contribution < 1.29 is 19.4 Å². The maximum Gasteiger partial charge on any atom is 0.224 e. The molecule has 1 aromatic carbocycles. The van der Waals surface area contributed by atoms with Crippen LogP contribution in [0.4, 0.5) is 0 Å². The first kappa shape index (κ1) is 14.1. The summed E-state index contributed by atoms with van der Waals surface area (Å²) in [6, 6.07) is 9.84. The molecule has 2 aromatic rings. The lowest BCUT2D eigenvalue weighted by Crippen LogP contribution is -2.39. The highest BCUT2D eigenvalue weighted by Crippen LogP contribution is 2.19. The summed E-state index contributed by atoms with van der Waals surface area (Å²) in [7, 11) is 0. The summed E-state index contributed by atoms with van der Waals surface area (Å²) in [6.45, 7) is 1.62. The molecule has 1 unspecified atom stereocenters. The minimum atomic E-state index is -1.25. The van der Waals surface area contributed by atoms with Gasteiger partial charge in [0.05, 0.1) is 19.2 Å². The van der Waals surface area contributed by atoms with E-state index in [1.54, 1.807) is 37.3 Å². The summed E-state index contributed by atoms with van der Waals surface area (Å²) in [5.41, 5.74) is -0.544. The second-order valence-corrected chi connectivity index (χ2v) is 4.87. The van der Waals surface area contributed by atoms with Gasteiger partial charge in [-0.15, -0.1) is 0 Å². The third-order valence-electron chi connectivity index (χ3n) is 2.96. The Bertz CT molecular complexity index is 575. The van der Waals surface area contributed by atoms with Gasteiger partial charge in [-0.05, 0) is 36.8 Å². The highest BCUT2D eigenvalue weighted by Gasteiger charge is 2.26. The van der Waals surface area contributed by atoms with E-state index in [1.165, 1.54) is 12.3 Å². The number of carbonyl (C=O) groups excluding carboxylic acids is 1. The number of amides is 1. The number of hydrogen-bond donors (Lipinski definition) is 3. The molecular weight excluding hydrogens is 258 g/mol. The average Bonchev–Trinajstić information content (AvgIpc) is 2.91. The Morgan fingerprint density at radius 1 is 1.35 bits per heavy atom. The molecule has 1 heterocycles. The molecule has 1 amide bonds. The van der Waals surface area contributed by atoms with Crippen molar-refractivity contribution >= 4 is 5.91 Å². The van der Waals surface area contributed by atoms with E-state index in [9.17, 15) is 15.0 Å². The lowest BCUT2D eigenvalue weighted by Gasteiger charge is -2.21. The number of rotatable bonds is 5. The highest BCUT2D eigenvalue weighted by atomic mass is 16.4. The third-order valence-corrected chi connectivity index (χ3v) is 2.96. The summed E-state index contributed by atoms with van der Waals surface area (Å²) in [5.74, 6) is 0.287. The van der Waals surface area contributed by atoms with Crippen molar-refractivity contribution in [2.75, 3.05) is 6.54 Å². The van der Waals surface area contributed by atoms with Crippen LogP contribution in [0.2, 0.25) is 0 Å². The van der Waals surface area contributed by atoms with Crippen LogP contribution in [0.5, 0.6) is 5.75 Å². The van der Waals surface area contributed by atoms with Crippen LogP contribution in [-0.2, 0) is 16.8 Å². The summed E-state index contributed by atoms with van der Waals surface area (Å²) in [4.78, 5) is 11.8. The van der Waals surface area contributed by atoms with Gasteiger partial charge in [0.15, 0.2) is 0 Å². The molecule has 0 saturated carbocycles. The van der Waals surface area contributed by atoms with Gasteiger partial charge in [-0.25, -0.2) is 0 Å². The lowest BCUT2D eigenvalue weighted by molar-refractivity contribution is -0.121. The van der Waals surface area contributed by atoms with Crippen molar-refractivity contribution in [3.05, 3.63) is 54.0 Å². The standard InChI is InChI=1S/C15H17NO4/c1-15(19,13-6-3-7-20-13)10-16-14(18)9-11-4-2-5-12(17)8-11/h2-8,17,19H,9-10H2,1H3,(H,16,18). The number of benzene rings is 1. The smallest absolute Gasteiger partial charge is 0.224 e. The number of phenolic OH excluding ortho intramolecular Hbond substituents is 1. The van der Waals surface area contributed by atoms with E-state index < -0.39 is 5.60 Å². The van der Waals surface area contributed by atoms with Gasteiger partial charge in [-0.1, -0.05) is 12.1 Å². The quantitative estimate of drug-likeness (QED) is 0.773. The second kappa shape index (κ2) is 5.79. The van der Waals surface area contributed by atoms with Crippen LogP contribution < -0.4 is 5.32 Å². The molecule has 5 heteroatoms. The van der Waals surface area contributed by atoms with Crippen LogP contribution in [-0.4, -0.2) is 22.7 Å². The largest absolute Gasteiger partial charge is 0.508 e. The Labute approximate surface area is 116 Å². The number of hydrogen-bond acceptors (Lipinski definition) is 4. The predicted octanol–water partition coefficient (Wildman–Crippen LogP) is 1.55. The highest BCUT2D eigenvalue weighted by molar-refractivity contribution is 5.78. The third kappa shape index (κ3) is 3.61. The molecule has 0 aliphatic carbocycles. The zero-order chi connectivity index (χ0) is 14.6. The minimum absolute atomic E-state index is 0.0537. The fraction of sp³-hybridized carbons (Fsp3) is 0.267. The molecule has 3 N–H and O–H groups in total. The van der Waals surface area contributed by atoms with Gasteiger partial charge < -0.3 is 19.9 Å². The molecule has 0 spiro atoms. The van der Waals surface area contributed by atoms with E-state index in [2.05, 4.69) is 5.32 Å². The van der Waals surface area contributed by atoms with Crippen molar-refractivity contribution in [3.63, 3.8) is 0 Å². The maximum absolute atomic E-state index is 11.8. The predicted molar refractivity (Wildman–Crippen MR) is 73.1 cm³/mol. The summed E-state index contributed by atoms with van der Waals surface area (Å²) in [6.07, 6.45) is 1.61. The summed E-state index contributed by atoms with van der Waals surface area (Å²) >= 11 is 0. The van der Waals surface area contributed by atoms with Gasteiger partial charge >= 0.3 is 0 Å². The minimum Gasteiger partial charge on any atom is -0.508 e. The molecule has 0 aliphatic rings. The summed E-state index contributed by atoms with van der Waals surface area (Å²) < 4.78 is 5.13. The summed E-state index contributed by atoms with van der Waals surface area (Å²) in [5, 5.41) is 22.2. The first-order valence-electron chi connectivity index (χ1n) is 6.28. The normalized spacial score (nSPS) is 13.7. The monoisotopic (exact) mass is 275 g/mol. The van der Waals surface area contributed by atoms with Crippen LogP contribution >= 0.6 is 0 Å². The molecule has 1 aromatic heterocycles. The molecule has 0 radical (unpaired) electrons. The van der Waals surface area contributed by atoms with Crippen LogP contribution in [0.25, 0.3) is 0 Å². The number of furan rings is 1. The van der Waals surface area contributed by atoms with E-state index in [1.807, 2.05) is 0 Å². The van der Waals surface area contributed by atoms with E-state index in [-0.39, 0.29) is 24.6 Å². The number of aliphatic hydroxyl groups is 1. The first-order valence-corrected chi connectivity index (χ1v) is 6.28. The molecule has 5 nitrogen and oxygen atoms in total. The van der Waals surface area contributed by atoms with E-state index in [0.717, 1.165) is 0 Å². The second-order valence-electron chi connectivity index (χ2n) is 4.87. The molecule has 106 valence electrons. The molecule has 0 saturated heterocycles. The average molecular weight is 275 g/mol. The van der Waals surface area contributed by atoms with Gasteiger partial charge in [-0.2, -0.15) is 0 Å². The Hall–Kier alpha value is -2.27. The van der Waals surface area contributed by atoms with Crippen molar-refractivity contribution in [1.82, 2.24) is 5.32 Å². The van der Waals surface area contributed by atoms with Crippen LogP contribution in [0, 0.1) is 0 Å². The fourth-order valence-electron chi connectivity index (χ4n) is 1.86. The maximum atomic E-state index is 11.8. The molecular formula is C15H17NO4. The SMILES string of the molecule is CC(O)(CNC(=O)Cc1cccc(O)c1)c1ccco1. The van der Waals surface area contributed by atoms with Crippen LogP contribution in [0.1, 0.15) is 18.2 Å². The van der Waals surface area contributed by atoms with E-state index in [0.29, 0.717) is 11.3 Å². The molecule has 2 rings (SSSR count). The Kier molecular flexibility index (Phi) is 4.10. The van der Waals surface area contributed by atoms with Crippen molar-refractivity contribution in [2.24, 2.45) is 0 Å². The number of aromatic hydroxyl groups is 1. The van der Waals surface area contributed by atoms with Crippen LogP contribution in [0.3, 0.4) is 0 Å². The number of nitrogens with one attached hydrogen (secondary N) is 1.